The van der Waals surface area contributed by atoms with Crippen LogP contribution in [-0.4, -0.2) is 18.0 Å². The first kappa shape index (κ1) is 13.4. The highest BCUT2D eigenvalue weighted by Gasteiger charge is 2.20. The van der Waals surface area contributed by atoms with Gasteiger partial charge in [0.2, 0.25) is 0 Å². The Kier molecular flexibility index (Phi) is 4.65. The maximum atomic E-state index is 11.6. The number of esters is 1. The number of benzene rings is 1. The SMILES string of the molecule is CCOC(=O)C(Cl)Cc1cccc2c1CCCC2. The third kappa shape index (κ3) is 3.05. The molecule has 0 spiro atoms. The van der Waals surface area contributed by atoms with E-state index in [4.69, 9.17) is 16.3 Å². The minimum Gasteiger partial charge on any atom is -0.465 e. The number of fused-ring (bicyclic) bond motifs is 1. The smallest absolute Gasteiger partial charge is 0.324 e. The molecule has 1 aromatic carbocycles. The molecule has 18 heavy (non-hydrogen) atoms. The van der Waals surface area contributed by atoms with E-state index in [0.717, 1.165) is 12.8 Å². The summed E-state index contributed by atoms with van der Waals surface area (Å²) < 4.78 is 4.95. The van der Waals surface area contributed by atoms with Crippen molar-refractivity contribution in [3.8, 4) is 0 Å². The lowest BCUT2D eigenvalue weighted by Crippen LogP contribution is -2.21. The average Bonchev–Trinajstić information content (AvgIpc) is 2.39. The number of hydrogen-bond donors (Lipinski definition) is 0. The quantitative estimate of drug-likeness (QED) is 0.618. The lowest BCUT2D eigenvalue weighted by Gasteiger charge is -2.20. The van der Waals surface area contributed by atoms with Crippen molar-refractivity contribution < 1.29 is 9.53 Å². The Balaban J connectivity index is 2.11. The summed E-state index contributed by atoms with van der Waals surface area (Å²) in [6.07, 6.45) is 5.33. The average molecular weight is 267 g/mol. The summed E-state index contributed by atoms with van der Waals surface area (Å²) in [7, 11) is 0. The lowest BCUT2D eigenvalue weighted by atomic mass is 9.87. The Morgan fingerprint density at radius 3 is 2.94 bits per heavy atom. The van der Waals surface area contributed by atoms with Gasteiger partial charge in [-0.3, -0.25) is 4.79 Å². The van der Waals surface area contributed by atoms with E-state index >= 15 is 0 Å². The van der Waals surface area contributed by atoms with E-state index in [1.165, 1.54) is 29.5 Å². The van der Waals surface area contributed by atoms with Crippen molar-refractivity contribution in [2.24, 2.45) is 0 Å². The zero-order valence-electron chi connectivity index (χ0n) is 10.7. The molecule has 0 bridgehead atoms. The third-order valence-corrected chi connectivity index (χ3v) is 3.77. The van der Waals surface area contributed by atoms with Gasteiger partial charge in [-0.05, 0) is 55.7 Å². The van der Waals surface area contributed by atoms with Crippen LogP contribution in [0.3, 0.4) is 0 Å². The summed E-state index contributed by atoms with van der Waals surface area (Å²) in [6, 6.07) is 6.33. The van der Waals surface area contributed by atoms with Crippen molar-refractivity contribution in [2.45, 2.75) is 44.4 Å². The van der Waals surface area contributed by atoms with E-state index in [-0.39, 0.29) is 5.97 Å². The second-order valence-electron chi connectivity index (χ2n) is 4.69. The number of ether oxygens (including phenoxy) is 1. The summed E-state index contributed by atoms with van der Waals surface area (Å²) in [4.78, 5) is 11.6. The number of carbonyl (C=O) groups is 1. The number of aryl methyl sites for hydroxylation is 1. The van der Waals surface area contributed by atoms with Crippen LogP contribution in [0.15, 0.2) is 18.2 Å². The molecule has 2 rings (SSSR count). The first-order valence-corrected chi connectivity index (χ1v) is 7.06. The minimum atomic E-state index is -0.571. The van der Waals surface area contributed by atoms with Gasteiger partial charge < -0.3 is 4.74 Å². The molecule has 0 N–H and O–H groups in total. The molecule has 0 aliphatic heterocycles. The molecular formula is C15H19ClO2. The highest BCUT2D eigenvalue weighted by molar-refractivity contribution is 6.30. The van der Waals surface area contributed by atoms with Crippen molar-refractivity contribution in [3.05, 3.63) is 34.9 Å². The Morgan fingerprint density at radius 2 is 2.17 bits per heavy atom. The number of carbonyl (C=O) groups excluding carboxylic acids is 1. The monoisotopic (exact) mass is 266 g/mol. The molecule has 3 heteroatoms. The third-order valence-electron chi connectivity index (χ3n) is 3.43. The summed E-state index contributed by atoms with van der Waals surface area (Å²) in [6.45, 7) is 2.18. The molecule has 0 fully saturated rings. The van der Waals surface area contributed by atoms with Crippen molar-refractivity contribution in [3.63, 3.8) is 0 Å². The topological polar surface area (TPSA) is 26.3 Å². The predicted molar refractivity (Wildman–Crippen MR) is 73.1 cm³/mol. The van der Waals surface area contributed by atoms with Gasteiger partial charge in [-0.15, -0.1) is 11.6 Å². The maximum Gasteiger partial charge on any atom is 0.324 e. The first-order chi connectivity index (χ1) is 8.72. The summed E-state index contributed by atoms with van der Waals surface area (Å²) >= 11 is 6.11. The molecule has 0 heterocycles. The number of halogens is 1. The zero-order chi connectivity index (χ0) is 13.0. The fraction of sp³-hybridized carbons (Fsp3) is 0.533. The summed E-state index contributed by atoms with van der Waals surface area (Å²) in [5, 5.41) is -0.571. The second kappa shape index (κ2) is 6.24. The van der Waals surface area contributed by atoms with Gasteiger partial charge in [0.15, 0.2) is 0 Å². The molecule has 2 nitrogen and oxygen atoms in total. The van der Waals surface area contributed by atoms with Crippen molar-refractivity contribution in [1.29, 1.82) is 0 Å². The molecule has 1 atom stereocenters. The molecular weight excluding hydrogens is 248 g/mol. The standard InChI is InChI=1S/C15H19ClO2/c1-2-18-15(17)14(16)10-12-8-5-7-11-6-3-4-9-13(11)12/h5,7-8,14H,2-4,6,9-10H2,1H3. The van der Waals surface area contributed by atoms with Gasteiger partial charge in [-0.25, -0.2) is 0 Å². The molecule has 0 amide bonds. The molecule has 98 valence electrons. The van der Waals surface area contributed by atoms with Gasteiger partial charge in [0.1, 0.15) is 5.38 Å². The Bertz CT molecular complexity index is 429. The fourth-order valence-corrected chi connectivity index (χ4v) is 2.79. The predicted octanol–water partition coefficient (Wildman–Crippen LogP) is 3.28. The van der Waals surface area contributed by atoms with Gasteiger partial charge in [0.05, 0.1) is 6.61 Å². The fourth-order valence-electron chi connectivity index (χ4n) is 2.56. The molecule has 0 aromatic heterocycles. The molecule has 1 aliphatic rings. The van der Waals surface area contributed by atoms with Gasteiger partial charge in [-0.1, -0.05) is 18.2 Å². The van der Waals surface area contributed by atoms with Gasteiger partial charge in [-0.2, -0.15) is 0 Å². The van der Waals surface area contributed by atoms with Crippen molar-refractivity contribution in [1.82, 2.24) is 0 Å². The van der Waals surface area contributed by atoms with E-state index in [0.29, 0.717) is 13.0 Å². The van der Waals surface area contributed by atoms with E-state index in [9.17, 15) is 4.79 Å². The van der Waals surface area contributed by atoms with E-state index < -0.39 is 5.38 Å². The molecule has 1 aliphatic carbocycles. The summed E-state index contributed by atoms with van der Waals surface area (Å²) in [5.74, 6) is -0.312. The number of alkyl halides is 1. The Labute approximate surface area is 113 Å². The Morgan fingerprint density at radius 1 is 1.39 bits per heavy atom. The molecule has 1 aromatic rings. The molecule has 0 saturated carbocycles. The van der Waals surface area contributed by atoms with E-state index in [2.05, 4.69) is 18.2 Å². The minimum absolute atomic E-state index is 0.312. The highest BCUT2D eigenvalue weighted by atomic mass is 35.5. The van der Waals surface area contributed by atoms with Gasteiger partial charge >= 0.3 is 5.97 Å². The van der Waals surface area contributed by atoms with Crippen molar-refractivity contribution in [2.75, 3.05) is 6.61 Å². The van der Waals surface area contributed by atoms with Gasteiger partial charge in [0.25, 0.3) is 0 Å². The molecule has 0 radical (unpaired) electrons. The van der Waals surface area contributed by atoms with Crippen LogP contribution in [0.1, 0.15) is 36.5 Å². The van der Waals surface area contributed by atoms with Crippen LogP contribution in [0.4, 0.5) is 0 Å². The molecule has 0 saturated heterocycles. The zero-order valence-corrected chi connectivity index (χ0v) is 11.5. The Hall–Kier alpha value is -1.02. The van der Waals surface area contributed by atoms with Gasteiger partial charge in [0, 0.05) is 0 Å². The van der Waals surface area contributed by atoms with Crippen LogP contribution in [0.5, 0.6) is 0 Å². The van der Waals surface area contributed by atoms with Crippen LogP contribution in [0, 0.1) is 0 Å². The highest BCUT2D eigenvalue weighted by Crippen LogP contribution is 2.26. The maximum absolute atomic E-state index is 11.6. The van der Waals surface area contributed by atoms with Crippen LogP contribution >= 0.6 is 11.6 Å². The summed E-state index contributed by atoms with van der Waals surface area (Å²) in [5.41, 5.74) is 4.03. The van der Waals surface area contributed by atoms with E-state index in [1.807, 2.05) is 0 Å². The van der Waals surface area contributed by atoms with Crippen LogP contribution in [-0.2, 0) is 28.8 Å². The van der Waals surface area contributed by atoms with Crippen molar-refractivity contribution >= 4 is 17.6 Å². The largest absolute Gasteiger partial charge is 0.465 e. The first-order valence-electron chi connectivity index (χ1n) is 6.62. The van der Waals surface area contributed by atoms with Crippen LogP contribution in [0.2, 0.25) is 0 Å². The molecule has 1 unspecified atom stereocenters. The van der Waals surface area contributed by atoms with E-state index in [1.54, 1.807) is 6.92 Å². The van der Waals surface area contributed by atoms with Crippen LogP contribution in [0.25, 0.3) is 0 Å². The second-order valence-corrected chi connectivity index (χ2v) is 5.21. The normalized spacial score (nSPS) is 15.9. The lowest BCUT2D eigenvalue weighted by molar-refractivity contribution is -0.142. The van der Waals surface area contributed by atoms with Crippen LogP contribution < -0.4 is 0 Å². The number of rotatable bonds is 4. The number of hydrogen-bond acceptors (Lipinski definition) is 2.